The number of hydrogen-bond acceptors (Lipinski definition) is 6. The van der Waals surface area contributed by atoms with Gasteiger partial charge >= 0.3 is 0 Å². The number of halogens is 1. The normalized spacial score (nSPS) is 18.5. The van der Waals surface area contributed by atoms with E-state index in [0.29, 0.717) is 28.8 Å². The molecule has 7 nitrogen and oxygen atoms in total. The fourth-order valence-corrected chi connectivity index (χ4v) is 4.80. The van der Waals surface area contributed by atoms with Crippen LogP contribution in [0.25, 0.3) is 0 Å². The molecule has 0 radical (unpaired) electrons. The summed E-state index contributed by atoms with van der Waals surface area (Å²) >= 11 is 5.93. The zero-order chi connectivity index (χ0) is 18.9. The maximum atomic E-state index is 12.5. The van der Waals surface area contributed by atoms with E-state index in [9.17, 15) is 13.2 Å². The van der Waals surface area contributed by atoms with E-state index in [2.05, 4.69) is 15.3 Å². The van der Waals surface area contributed by atoms with Gasteiger partial charge < -0.3 is 10.2 Å². The lowest BCUT2D eigenvalue weighted by Gasteiger charge is -2.23. The molecular formula is C17H19ClN4O3S. The van der Waals surface area contributed by atoms with Crippen molar-refractivity contribution in [2.45, 2.75) is 19.4 Å². The lowest BCUT2D eigenvalue weighted by atomic mass is 10.2. The Kier molecular flexibility index (Phi) is 5.15. The van der Waals surface area contributed by atoms with E-state index in [-0.39, 0.29) is 29.1 Å². The molecule has 1 saturated heterocycles. The molecule has 2 aromatic rings. The molecular weight excluding hydrogens is 376 g/mol. The summed E-state index contributed by atoms with van der Waals surface area (Å²) in [5, 5.41) is 3.27. The fourth-order valence-electron chi connectivity index (χ4n) is 2.83. The van der Waals surface area contributed by atoms with Crippen molar-refractivity contribution < 1.29 is 13.2 Å². The number of rotatable bonds is 4. The Bertz CT molecular complexity index is 949. The highest BCUT2D eigenvalue weighted by molar-refractivity contribution is 7.91. The summed E-state index contributed by atoms with van der Waals surface area (Å²) in [6, 6.07) is 8.23. The lowest BCUT2D eigenvalue weighted by molar-refractivity contribution is 0.102. The van der Waals surface area contributed by atoms with Crippen molar-refractivity contribution in [1.29, 1.82) is 0 Å². The van der Waals surface area contributed by atoms with Gasteiger partial charge in [0.05, 0.1) is 11.5 Å². The third kappa shape index (κ3) is 4.31. The van der Waals surface area contributed by atoms with Gasteiger partial charge in [-0.3, -0.25) is 4.79 Å². The number of carbonyl (C=O) groups is 1. The van der Waals surface area contributed by atoms with E-state index in [1.54, 1.807) is 49.2 Å². The Hall–Kier alpha value is -2.19. The number of carbonyl (C=O) groups excluding carboxylic acids is 1. The number of hydrogen-bond donors (Lipinski definition) is 1. The molecule has 26 heavy (non-hydrogen) atoms. The van der Waals surface area contributed by atoms with Gasteiger partial charge in [0.15, 0.2) is 9.84 Å². The lowest BCUT2D eigenvalue weighted by Crippen LogP contribution is -2.34. The molecule has 1 atom stereocenters. The quantitative estimate of drug-likeness (QED) is 0.855. The molecule has 0 saturated carbocycles. The summed E-state index contributed by atoms with van der Waals surface area (Å²) in [7, 11) is -1.27. The molecule has 0 spiro atoms. The second-order valence-electron chi connectivity index (χ2n) is 6.33. The number of anilines is 2. The van der Waals surface area contributed by atoms with Crippen LogP contribution in [-0.4, -0.2) is 48.9 Å². The number of benzene rings is 1. The topological polar surface area (TPSA) is 92.3 Å². The molecule has 3 rings (SSSR count). The van der Waals surface area contributed by atoms with Crippen LogP contribution in [0.4, 0.5) is 11.6 Å². The minimum atomic E-state index is -3.02. The summed E-state index contributed by atoms with van der Waals surface area (Å²) in [6.45, 7) is 1.76. The second-order valence-corrected chi connectivity index (χ2v) is 8.99. The summed E-state index contributed by atoms with van der Waals surface area (Å²) in [5.41, 5.74) is 1.40. The molecule has 1 N–H and O–H groups in total. The Morgan fingerprint density at radius 2 is 2.08 bits per heavy atom. The van der Waals surface area contributed by atoms with Crippen molar-refractivity contribution in [3.63, 3.8) is 0 Å². The molecule has 138 valence electrons. The van der Waals surface area contributed by atoms with Crippen LogP contribution in [0.3, 0.4) is 0 Å². The molecule has 1 unspecified atom stereocenters. The van der Waals surface area contributed by atoms with Crippen molar-refractivity contribution in [3.8, 4) is 0 Å². The standard InChI is InChI=1S/C17H19ClN4O3S/c1-11-8-15(16(23)20-13-5-3-4-12(18)9-13)21-17(19-11)22(2)14-6-7-26(24,25)10-14/h3-5,8-9,14H,6-7,10H2,1-2H3,(H,20,23). The van der Waals surface area contributed by atoms with E-state index in [0.717, 1.165) is 0 Å². The molecule has 1 fully saturated rings. The first-order chi connectivity index (χ1) is 12.2. The van der Waals surface area contributed by atoms with Gasteiger partial charge in [0, 0.05) is 29.5 Å². The molecule has 9 heteroatoms. The van der Waals surface area contributed by atoms with Crippen LogP contribution in [0.2, 0.25) is 5.02 Å². The van der Waals surface area contributed by atoms with E-state index < -0.39 is 9.84 Å². The van der Waals surface area contributed by atoms with Gasteiger partial charge in [0.25, 0.3) is 5.91 Å². The van der Waals surface area contributed by atoms with Crippen LogP contribution < -0.4 is 10.2 Å². The van der Waals surface area contributed by atoms with Gasteiger partial charge in [-0.25, -0.2) is 18.4 Å². The minimum Gasteiger partial charge on any atom is -0.340 e. The van der Waals surface area contributed by atoms with E-state index >= 15 is 0 Å². The van der Waals surface area contributed by atoms with Gasteiger partial charge in [0.2, 0.25) is 5.95 Å². The van der Waals surface area contributed by atoms with Crippen LogP contribution in [0.15, 0.2) is 30.3 Å². The number of aryl methyl sites for hydroxylation is 1. The molecule has 1 aliphatic rings. The molecule has 1 aromatic heterocycles. The molecule has 1 aliphatic heterocycles. The predicted octanol–water partition coefficient (Wildman–Crippen LogP) is 2.31. The van der Waals surface area contributed by atoms with Crippen molar-refractivity contribution >= 4 is 39.0 Å². The fraction of sp³-hybridized carbons (Fsp3) is 0.353. The van der Waals surface area contributed by atoms with Crippen LogP contribution in [-0.2, 0) is 9.84 Å². The summed E-state index contributed by atoms with van der Waals surface area (Å²) in [5.74, 6) is 0.190. The number of sulfone groups is 1. The highest BCUT2D eigenvalue weighted by atomic mass is 35.5. The Morgan fingerprint density at radius 3 is 2.73 bits per heavy atom. The number of amides is 1. The zero-order valence-corrected chi connectivity index (χ0v) is 16.0. The van der Waals surface area contributed by atoms with Crippen LogP contribution in [0, 0.1) is 6.92 Å². The Morgan fingerprint density at radius 1 is 1.31 bits per heavy atom. The zero-order valence-electron chi connectivity index (χ0n) is 14.4. The van der Waals surface area contributed by atoms with Crippen molar-refractivity contribution in [1.82, 2.24) is 9.97 Å². The van der Waals surface area contributed by atoms with Crippen LogP contribution in [0.5, 0.6) is 0 Å². The monoisotopic (exact) mass is 394 g/mol. The molecule has 1 aromatic carbocycles. The first kappa shape index (κ1) is 18.6. The van der Waals surface area contributed by atoms with Gasteiger partial charge in [0.1, 0.15) is 5.69 Å². The Balaban J connectivity index is 1.82. The third-order valence-corrected chi connectivity index (χ3v) is 6.21. The maximum absolute atomic E-state index is 12.5. The summed E-state index contributed by atoms with van der Waals surface area (Å²) < 4.78 is 23.4. The van der Waals surface area contributed by atoms with E-state index in [4.69, 9.17) is 11.6 Å². The van der Waals surface area contributed by atoms with Crippen LogP contribution in [0.1, 0.15) is 22.6 Å². The van der Waals surface area contributed by atoms with Crippen molar-refractivity contribution in [2.75, 3.05) is 28.8 Å². The summed E-state index contributed by atoms with van der Waals surface area (Å²) in [4.78, 5) is 22.9. The predicted molar refractivity (Wildman–Crippen MR) is 102 cm³/mol. The molecule has 2 heterocycles. The van der Waals surface area contributed by atoms with Gasteiger partial charge in [-0.15, -0.1) is 0 Å². The SMILES string of the molecule is Cc1cc(C(=O)Nc2cccc(Cl)c2)nc(N(C)C2CCS(=O)(=O)C2)n1. The Labute approximate surface area is 157 Å². The summed E-state index contributed by atoms with van der Waals surface area (Å²) in [6.07, 6.45) is 0.528. The average Bonchev–Trinajstić information content (AvgIpc) is 2.93. The largest absolute Gasteiger partial charge is 0.340 e. The highest BCUT2D eigenvalue weighted by Crippen LogP contribution is 2.21. The molecule has 0 bridgehead atoms. The van der Waals surface area contributed by atoms with Crippen molar-refractivity contribution in [3.05, 3.63) is 46.7 Å². The molecule has 1 amide bonds. The minimum absolute atomic E-state index is 0.0743. The van der Waals surface area contributed by atoms with Gasteiger partial charge in [-0.2, -0.15) is 0 Å². The van der Waals surface area contributed by atoms with Gasteiger partial charge in [-0.05, 0) is 37.6 Å². The number of aromatic nitrogens is 2. The van der Waals surface area contributed by atoms with E-state index in [1.807, 2.05) is 0 Å². The van der Waals surface area contributed by atoms with Crippen LogP contribution >= 0.6 is 11.6 Å². The first-order valence-electron chi connectivity index (χ1n) is 8.09. The second kappa shape index (κ2) is 7.20. The van der Waals surface area contributed by atoms with Gasteiger partial charge in [-0.1, -0.05) is 17.7 Å². The van der Waals surface area contributed by atoms with Crippen molar-refractivity contribution in [2.24, 2.45) is 0 Å². The smallest absolute Gasteiger partial charge is 0.274 e. The number of nitrogens with one attached hydrogen (secondary N) is 1. The van der Waals surface area contributed by atoms with E-state index in [1.165, 1.54) is 0 Å². The maximum Gasteiger partial charge on any atom is 0.274 e. The molecule has 0 aliphatic carbocycles. The average molecular weight is 395 g/mol. The number of nitrogens with zero attached hydrogens (tertiary/aromatic N) is 3. The highest BCUT2D eigenvalue weighted by Gasteiger charge is 2.32. The first-order valence-corrected chi connectivity index (χ1v) is 10.3. The third-order valence-electron chi connectivity index (χ3n) is 4.23.